The zero-order valence-corrected chi connectivity index (χ0v) is 20.8. The third kappa shape index (κ3) is 5.51. The zero-order chi connectivity index (χ0) is 18.9. The normalized spacial score (nSPS) is 15.8. The minimum atomic E-state index is -2.14. The van der Waals surface area contributed by atoms with Crippen LogP contribution in [0.2, 0.25) is 48.9 Å². The maximum atomic E-state index is 7.15. The van der Waals surface area contributed by atoms with Crippen molar-refractivity contribution >= 4 is 24.7 Å². The Labute approximate surface area is 155 Å². The summed E-state index contributed by atoms with van der Waals surface area (Å²) in [4.78, 5) is 0. The lowest BCUT2D eigenvalue weighted by molar-refractivity contribution is 0.207. The summed E-state index contributed by atoms with van der Waals surface area (Å²) in [5, 5.41) is 0.541. The van der Waals surface area contributed by atoms with Crippen molar-refractivity contribution in [3.05, 3.63) is 0 Å². The van der Waals surface area contributed by atoms with E-state index in [-0.39, 0.29) is 0 Å². The van der Waals surface area contributed by atoms with Crippen LogP contribution in [0, 0.1) is 0 Å². The molecule has 3 nitrogen and oxygen atoms in total. The SMILES string of the molecule is CC[Si](CC)(CC)C(O[Si](C)(CCCN)OC)[Si](CC)(CC)CC. The van der Waals surface area contributed by atoms with Crippen LogP contribution >= 0.6 is 0 Å². The first-order valence-corrected chi connectivity index (χ1v) is 18.2. The third-order valence-electron chi connectivity index (χ3n) is 6.97. The highest BCUT2D eigenvalue weighted by Gasteiger charge is 2.52. The van der Waals surface area contributed by atoms with E-state index < -0.39 is 24.7 Å². The van der Waals surface area contributed by atoms with Gasteiger partial charge in [-0.2, -0.15) is 0 Å². The molecule has 1 atom stereocenters. The van der Waals surface area contributed by atoms with Crippen molar-refractivity contribution in [2.24, 2.45) is 5.73 Å². The van der Waals surface area contributed by atoms with E-state index >= 15 is 0 Å². The smallest absolute Gasteiger partial charge is 0.334 e. The molecule has 6 heteroatoms. The second-order valence-electron chi connectivity index (χ2n) is 7.57. The Hall–Kier alpha value is 0.531. The van der Waals surface area contributed by atoms with E-state index in [1.165, 1.54) is 36.3 Å². The summed E-state index contributed by atoms with van der Waals surface area (Å²) in [5.41, 5.74) is 5.78. The van der Waals surface area contributed by atoms with Gasteiger partial charge in [0, 0.05) is 12.5 Å². The molecule has 24 heavy (non-hydrogen) atoms. The minimum absolute atomic E-state index is 0.541. The number of hydrogen-bond acceptors (Lipinski definition) is 3. The van der Waals surface area contributed by atoms with Crippen LogP contribution in [0.5, 0.6) is 0 Å². The van der Waals surface area contributed by atoms with E-state index in [1.54, 1.807) is 0 Å². The van der Waals surface area contributed by atoms with Crippen molar-refractivity contribution in [1.29, 1.82) is 0 Å². The average Bonchev–Trinajstić information content (AvgIpc) is 2.63. The van der Waals surface area contributed by atoms with Gasteiger partial charge in [0.1, 0.15) is 0 Å². The van der Waals surface area contributed by atoms with Gasteiger partial charge in [-0.25, -0.2) is 0 Å². The molecule has 0 rings (SSSR count). The first-order chi connectivity index (χ1) is 11.3. The Bertz CT molecular complexity index is 300. The molecule has 1 unspecified atom stereocenters. The molecular formula is C18H45NO2Si3. The molecule has 0 aromatic carbocycles. The van der Waals surface area contributed by atoms with E-state index in [2.05, 4.69) is 48.1 Å². The van der Waals surface area contributed by atoms with Gasteiger partial charge in [0.2, 0.25) is 0 Å². The van der Waals surface area contributed by atoms with E-state index in [4.69, 9.17) is 14.6 Å². The molecular weight excluding hydrogens is 346 g/mol. The fourth-order valence-electron chi connectivity index (χ4n) is 4.39. The fraction of sp³-hybridized carbons (Fsp3) is 1.00. The van der Waals surface area contributed by atoms with Gasteiger partial charge in [-0.1, -0.05) is 77.8 Å². The first kappa shape index (κ1) is 24.5. The average molecular weight is 392 g/mol. The highest BCUT2D eigenvalue weighted by atomic mass is 28.4. The van der Waals surface area contributed by atoms with Crippen molar-refractivity contribution in [2.75, 3.05) is 13.7 Å². The van der Waals surface area contributed by atoms with Crippen LogP contribution in [0.25, 0.3) is 0 Å². The Morgan fingerprint density at radius 2 is 1.17 bits per heavy atom. The van der Waals surface area contributed by atoms with Gasteiger partial charge >= 0.3 is 8.56 Å². The molecule has 0 aliphatic rings. The van der Waals surface area contributed by atoms with Crippen molar-refractivity contribution in [2.45, 2.75) is 102 Å². The van der Waals surface area contributed by atoms with Gasteiger partial charge in [0.15, 0.2) is 0 Å². The molecule has 0 aromatic heterocycles. The van der Waals surface area contributed by atoms with Crippen LogP contribution in [0.3, 0.4) is 0 Å². The van der Waals surface area contributed by atoms with Crippen molar-refractivity contribution in [3.63, 3.8) is 0 Å². The van der Waals surface area contributed by atoms with Gasteiger partial charge in [-0.3, -0.25) is 0 Å². The predicted molar refractivity (Wildman–Crippen MR) is 116 cm³/mol. The minimum Gasteiger partial charge on any atom is -0.398 e. The van der Waals surface area contributed by atoms with Crippen LogP contribution in [0.15, 0.2) is 0 Å². The Kier molecular flexibility index (Phi) is 11.5. The number of hydrogen-bond donors (Lipinski definition) is 1. The van der Waals surface area contributed by atoms with Crippen LogP contribution < -0.4 is 5.73 Å². The first-order valence-electron chi connectivity index (χ1n) is 10.3. The standard InChI is InChI=1S/C18H45NO2Si3/c1-9-23(10-2,11-3)18(24(12-4,13-5)14-6)21-22(8,20-7)17-15-16-19/h18H,9-17,19H2,1-8H3. The largest absolute Gasteiger partial charge is 0.398 e. The molecule has 0 spiro atoms. The monoisotopic (exact) mass is 391 g/mol. The van der Waals surface area contributed by atoms with Gasteiger partial charge in [-0.15, -0.1) is 0 Å². The highest BCUT2D eigenvalue weighted by molar-refractivity contribution is 6.99. The summed E-state index contributed by atoms with van der Waals surface area (Å²) in [6.07, 6.45) is 1.02. The van der Waals surface area contributed by atoms with E-state index in [9.17, 15) is 0 Å². The molecule has 0 saturated heterocycles. The zero-order valence-electron chi connectivity index (χ0n) is 17.8. The quantitative estimate of drug-likeness (QED) is 0.396. The number of nitrogens with two attached hydrogens (primary N) is 1. The predicted octanol–water partition coefficient (Wildman–Crippen LogP) is 5.53. The molecule has 146 valence electrons. The Morgan fingerprint density at radius 3 is 1.42 bits per heavy atom. The van der Waals surface area contributed by atoms with E-state index in [0.29, 0.717) is 5.35 Å². The fourth-order valence-corrected chi connectivity index (χ4v) is 23.7. The van der Waals surface area contributed by atoms with Gasteiger partial charge < -0.3 is 14.6 Å². The van der Waals surface area contributed by atoms with Crippen molar-refractivity contribution in [3.8, 4) is 0 Å². The van der Waals surface area contributed by atoms with Crippen LogP contribution in [0.4, 0.5) is 0 Å². The summed E-state index contributed by atoms with van der Waals surface area (Å²) < 4.78 is 13.2. The number of rotatable bonds is 14. The lowest BCUT2D eigenvalue weighted by Crippen LogP contribution is -2.66. The second-order valence-corrected chi connectivity index (χ2v) is 22.3. The van der Waals surface area contributed by atoms with Crippen molar-refractivity contribution in [1.82, 2.24) is 0 Å². The van der Waals surface area contributed by atoms with E-state index in [1.807, 2.05) is 7.11 Å². The summed E-state index contributed by atoms with van der Waals surface area (Å²) in [6, 6.07) is 9.05. The summed E-state index contributed by atoms with van der Waals surface area (Å²) >= 11 is 0. The second kappa shape index (κ2) is 11.3. The van der Waals surface area contributed by atoms with Gasteiger partial charge in [0.25, 0.3) is 0 Å². The highest BCUT2D eigenvalue weighted by Crippen LogP contribution is 2.39. The third-order valence-corrected chi connectivity index (χ3v) is 24.9. The Morgan fingerprint density at radius 1 is 0.792 bits per heavy atom. The summed E-state index contributed by atoms with van der Waals surface area (Å²) in [5.74, 6) is 0. The van der Waals surface area contributed by atoms with Crippen LogP contribution in [-0.4, -0.2) is 43.7 Å². The van der Waals surface area contributed by atoms with Crippen molar-refractivity contribution < 1.29 is 8.85 Å². The molecule has 0 saturated carbocycles. The van der Waals surface area contributed by atoms with Gasteiger partial charge in [0.05, 0.1) is 16.1 Å². The maximum absolute atomic E-state index is 7.15. The lowest BCUT2D eigenvalue weighted by atomic mass is 10.5. The summed E-state index contributed by atoms with van der Waals surface area (Å²) in [7, 11) is -3.17. The molecule has 0 aromatic rings. The molecule has 0 aliphatic heterocycles. The van der Waals surface area contributed by atoms with Crippen LogP contribution in [0.1, 0.15) is 48.0 Å². The summed E-state index contributed by atoms with van der Waals surface area (Å²) in [6.45, 7) is 17.5. The van der Waals surface area contributed by atoms with Gasteiger partial charge in [-0.05, 0) is 25.6 Å². The molecule has 0 fully saturated rings. The molecule has 0 bridgehead atoms. The van der Waals surface area contributed by atoms with Crippen LogP contribution in [-0.2, 0) is 8.85 Å². The maximum Gasteiger partial charge on any atom is 0.334 e. The Balaban J connectivity index is 5.95. The lowest BCUT2D eigenvalue weighted by Gasteiger charge is -2.50. The molecule has 2 N–H and O–H groups in total. The molecule has 0 aliphatic carbocycles. The molecule has 0 heterocycles. The molecule has 0 amide bonds. The molecule has 0 radical (unpaired) electrons. The van der Waals surface area contributed by atoms with E-state index in [0.717, 1.165) is 19.0 Å². The topological polar surface area (TPSA) is 44.5 Å².